The fourth-order valence-corrected chi connectivity index (χ4v) is 4.70. The predicted molar refractivity (Wildman–Crippen MR) is 136 cm³/mol. The second-order valence-corrected chi connectivity index (χ2v) is 8.89. The van der Waals surface area contributed by atoms with Gasteiger partial charge in [-0.3, -0.25) is 19.3 Å². The molecule has 0 amide bonds. The van der Waals surface area contributed by atoms with Crippen molar-refractivity contribution in [2.24, 2.45) is 0 Å². The number of hydrogen-bond donors (Lipinski definition) is 0. The first kappa shape index (κ1) is 25.1. The molecular formula is C27H30N4O5. The summed E-state index contributed by atoms with van der Waals surface area (Å²) in [6, 6.07) is 14.6. The number of piperazine rings is 1. The van der Waals surface area contributed by atoms with Gasteiger partial charge in [-0.25, -0.2) is 13.9 Å². The molecule has 0 saturated carbocycles. The molecule has 0 spiro atoms. The molecule has 4 rings (SSSR count). The number of methoxy groups -OCH3 is 1. The molecule has 1 aliphatic heterocycles. The van der Waals surface area contributed by atoms with Crippen molar-refractivity contribution in [2.75, 3.05) is 38.2 Å². The van der Waals surface area contributed by atoms with Crippen molar-refractivity contribution in [3.8, 4) is 5.75 Å². The van der Waals surface area contributed by atoms with Gasteiger partial charge < -0.3 is 9.64 Å². The lowest BCUT2D eigenvalue weighted by molar-refractivity contribution is 0.0905. The maximum Gasteiger partial charge on any atom is 0.342 e. The second kappa shape index (κ2) is 10.3. The first-order valence-electron chi connectivity index (χ1n) is 11.8. The number of benzene rings is 2. The number of carbonyl (C=O) groups excluding carboxylic acids is 3. The number of nitrogens with zero attached hydrogens (tertiary/aromatic N) is 4. The van der Waals surface area contributed by atoms with Crippen molar-refractivity contribution in [3.05, 3.63) is 81.5 Å². The molecule has 3 aromatic rings. The number of anilines is 1. The normalized spacial score (nSPS) is 14.1. The molecule has 0 bridgehead atoms. The number of aromatic nitrogens is 2. The van der Waals surface area contributed by atoms with Gasteiger partial charge in [0.1, 0.15) is 11.4 Å². The lowest BCUT2D eigenvalue weighted by Gasteiger charge is -2.36. The van der Waals surface area contributed by atoms with E-state index < -0.39 is 23.3 Å². The van der Waals surface area contributed by atoms with Crippen molar-refractivity contribution in [3.63, 3.8) is 0 Å². The predicted octanol–water partition coefficient (Wildman–Crippen LogP) is 2.84. The standard InChI is InChI=1S/C27H30N4O5/c1-18-7-5-6-8-23(18)29-15-13-28(14-16-29)17-24-25(26(34)21-9-11-22(36-4)12-10-21)31(20(3)33)27(35)30(24)19(2)32/h5-12H,13-17H2,1-4H3. The third-order valence-corrected chi connectivity index (χ3v) is 6.55. The summed E-state index contributed by atoms with van der Waals surface area (Å²) in [6.07, 6.45) is 0. The Balaban J connectivity index is 1.69. The van der Waals surface area contributed by atoms with Gasteiger partial charge in [0.2, 0.25) is 17.6 Å². The number of ether oxygens (including phenoxy) is 1. The number of hydrogen-bond acceptors (Lipinski definition) is 7. The minimum atomic E-state index is -0.819. The first-order valence-corrected chi connectivity index (χ1v) is 11.8. The summed E-state index contributed by atoms with van der Waals surface area (Å²) in [5.41, 5.74) is 2.00. The molecular weight excluding hydrogens is 460 g/mol. The van der Waals surface area contributed by atoms with Gasteiger partial charge in [0.05, 0.1) is 12.8 Å². The molecule has 9 nitrogen and oxygen atoms in total. The maximum atomic E-state index is 13.6. The summed E-state index contributed by atoms with van der Waals surface area (Å²) in [7, 11) is 1.52. The van der Waals surface area contributed by atoms with E-state index in [9.17, 15) is 19.2 Å². The summed E-state index contributed by atoms with van der Waals surface area (Å²) in [4.78, 5) is 56.1. The number of rotatable bonds is 6. The van der Waals surface area contributed by atoms with E-state index in [1.165, 1.54) is 32.2 Å². The van der Waals surface area contributed by atoms with Crippen LogP contribution in [0.5, 0.6) is 5.75 Å². The van der Waals surface area contributed by atoms with Crippen molar-refractivity contribution in [1.82, 2.24) is 14.0 Å². The molecule has 0 aliphatic carbocycles. The Morgan fingerprint density at radius 3 is 2.03 bits per heavy atom. The van der Waals surface area contributed by atoms with Gasteiger partial charge in [-0.1, -0.05) is 18.2 Å². The van der Waals surface area contributed by atoms with E-state index >= 15 is 0 Å². The molecule has 2 aromatic carbocycles. The molecule has 0 atom stereocenters. The average Bonchev–Trinajstić information content (AvgIpc) is 3.16. The Kier molecular flexibility index (Phi) is 7.21. The summed E-state index contributed by atoms with van der Waals surface area (Å²) in [5, 5.41) is 0. The summed E-state index contributed by atoms with van der Waals surface area (Å²) >= 11 is 0. The van der Waals surface area contributed by atoms with E-state index in [4.69, 9.17) is 4.74 Å². The van der Waals surface area contributed by atoms with Crippen LogP contribution in [0.3, 0.4) is 0 Å². The van der Waals surface area contributed by atoms with Crippen molar-refractivity contribution in [2.45, 2.75) is 27.3 Å². The SMILES string of the molecule is COc1ccc(C(=O)c2c(CN3CCN(c4ccccc4C)CC3)n(C(C)=O)c(=O)n2C(C)=O)cc1. The van der Waals surface area contributed by atoms with Crippen LogP contribution in [0.1, 0.15) is 50.7 Å². The summed E-state index contributed by atoms with van der Waals surface area (Å²) < 4.78 is 6.93. The minimum absolute atomic E-state index is 0.0748. The maximum absolute atomic E-state index is 13.6. The third-order valence-electron chi connectivity index (χ3n) is 6.55. The van der Waals surface area contributed by atoms with E-state index in [1.807, 2.05) is 12.1 Å². The highest BCUT2D eigenvalue weighted by atomic mass is 16.5. The second-order valence-electron chi connectivity index (χ2n) is 8.89. The third kappa shape index (κ3) is 4.74. The number of para-hydroxylation sites is 1. The van der Waals surface area contributed by atoms with Gasteiger partial charge >= 0.3 is 5.69 Å². The molecule has 9 heteroatoms. The lowest BCUT2D eigenvalue weighted by atomic mass is 10.1. The van der Waals surface area contributed by atoms with E-state index in [-0.39, 0.29) is 23.5 Å². The molecule has 0 unspecified atom stereocenters. The van der Waals surface area contributed by atoms with Crippen LogP contribution in [0.4, 0.5) is 5.69 Å². The molecule has 1 fully saturated rings. The van der Waals surface area contributed by atoms with Crippen molar-refractivity contribution in [1.29, 1.82) is 0 Å². The summed E-state index contributed by atoms with van der Waals surface area (Å²) in [6.45, 7) is 7.58. The zero-order valence-corrected chi connectivity index (χ0v) is 21.0. The Bertz CT molecular complexity index is 1360. The largest absolute Gasteiger partial charge is 0.497 e. The molecule has 1 aliphatic rings. The molecule has 0 N–H and O–H groups in total. The van der Waals surface area contributed by atoms with Gasteiger partial charge in [0, 0.05) is 57.8 Å². The fraction of sp³-hybridized carbons (Fsp3) is 0.333. The van der Waals surface area contributed by atoms with Gasteiger partial charge in [0.25, 0.3) is 0 Å². The van der Waals surface area contributed by atoms with Crippen LogP contribution >= 0.6 is 0 Å². The van der Waals surface area contributed by atoms with E-state index in [2.05, 4.69) is 28.9 Å². The van der Waals surface area contributed by atoms with Crippen molar-refractivity contribution < 1.29 is 19.1 Å². The smallest absolute Gasteiger partial charge is 0.342 e. The van der Waals surface area contributed by atoms with Gasteiger partial charge in [-0.15, -0.1) is 0 Å². The molecule has 2 heterocycles. The molecule has 188 valence electrons. The molecule has 36 heavy (non-hydrogen) atoms. The van der Waals surface area contributed by atoms with Crippen LogP contribution in [0.15, 0.2) is 53.3 Å². The van der Waals surface area contributed by atoms with Crippen molar-refractivity contribution >= 4 is 23.3 Å². The monoisotopic (exact) mass is 490 g/mol. The Morgan fingerprint density at radius 1 is 0.861 bits per heavy atom. The molecule has 1 saturated heterocycles. The highest BCUT2D eigenvalue weighted by Crippen LogP contribution is 2.23. The number of carbonyl (C=O) groups is 3. The fourth-order valence-electron chi connectivity index (χ4n) is 4.70. The lowest BCUT2D eigenvalue weighted by Crippen LogP contribution is -2.46. The number of imidazole rings is 1. The Morgan fingerprint density at radius 2 is 1.47 bits per heavy atom. The van der Waals surface area contributed by atoms with Gasteiger partial charge in [-0.05, 0) is 42.8 Å². The quantitative estimate of drug-likeness (QED) is 0.491. The topological polar surface area (TPSA) is 93.8 Å². The van der Waals surface area contributed by atoms with Crippen LogP contribution in [0.25, 0.3) is 0 Å². The van der Waals surface area contributed by atoms with Crippen LogP contribution in [-0.2, 0) is 6.54 Å². The van der Waals surface area contributed by atoms with E-state index in [1.54, 1.807) is 24.3 Å². The molecule has 1 aromatic heterocycles. The zero-order valence-electron chi connectivity index (χ0n) is 21.0. The Labute approximate surface area is 209 Å². The van der Waals surface area contributed by atoms with Crippen LogP contribution in [0, 0.1) is 6.92 Å². The van der Waals surface area contributed by atoms with Crippen LogP contribution in [0.2, 0.25) is 0 Å². The van der Waals surface area contributed by atoms with E-state index in [0.717, 1.165) is 22.2 Å². The highest BCUT2D eigenvalue weighted by molar-refractivity contribution is 6.10. The van der Waals surface area contributed by atoms with Crippen LogP contribution < -0.4 is 15.3 Å². The Hall–Kier alpha value is -3.98. The zero-order chi connectivity index (χ0) is 26.0. The molecule has 0 radical (unpaired) electrons. The van der Waals surface area contributed by atoms with Gasteiger partial charge in [0.15, 0.2) is 0 Å². The number of ketones is 1. The first-order chi connectivity index (χ1) is 17.2. The van der Waals surface area contributed by atoms with Crippen LogP contribution in [-0.4, -0.2) is 64.9 Å². The van der Waals surface area contributed by atoms with E-state index in [0.29, 0.717) is 18.8 Å². The average molecular weight is 491 g/mol. The number of aryl methyl sites for hydroxylation is 1. The minimum Gasteiger partial charge on any atom is -0.497 e. The highest BCUT2D eigenvalue weighted by Gasteiger charge is 2.31. The summed E-state index contributed by atoms with van der Waals surface area (Å²) in [5.74, 6) is -1.10. The van der Waals surface area contributed by atoms with Gasteiger partial charge in [-0.2, -0.15) is 0 Å².